The Hall–Kier alpha value is -4.08. The number of hydrogen-bond donors (Lipinski definition) is 2. The van der Waals surface area contributed by atoms with E-state index in [1.807, 2.05) is 0 Å². The number of halogens is 1. The van der Waals surface area contributed by atoms with Crippen molar-refractivity contribution in [2.45, 2.75) is 13.0 Å². The minimum absolute atomic E-state index is 0.0734. The molecule has 0 spiro atoms. The van der Waals surface area contributed by atoms with Crippen molar-refractivity contribution in [3.05, 3.63) is 93.3 Å². The number of hydrogen-bond acceptors (Lipinski definition) is 5. The van der Waals surface area contributed by atoms with Gasteiger partial charge in [-0.15, -0.1) is 0 Å². The first kappa shape index (κ1) is 21.6. The smallest absolute Gasteiger partial charge is 0.273 e. The molecule has 2 aromatic carbocycles. The number of aryl methyl sites for hydroxylation is 2. The molecule has 31 heavy (non-hydrogen) atoms. The highest BCUT2D eigenvalue weighted by Crippen LogP contribution is 2.21. The lowest BCUT2D eigenvalue weighted by Gasteiger charge is -2.19. The maximum absolute atomic E-state index is 13.3. The molecule has 1 heterocycles. The van der Waals surface area contributed by atoms with Crippen molar-refractivity contribution in [1.29, 1.82) is 0 Å². The minimum atomic E-state index is -0.662. The fraction of sp³-hybridized carbons (Fsp3) is 0.190. The predicted octanol–water partition coefficient (Wildman–Crippen LogP) is 2.41. The number of nitrogens with zero attached hydrogens (tertiary/aromatic N) is 3. The summed E-state index contributed by atoms with van der Waals surface area (Å²) in [5.74, 6) is -1.01. The Labute approximate surface area is 177 Å². The molecule has 0 saturated heterocycles. The highest BCUT2D eigenvalue weighted by molar-refractivity contribution is 5.97. The molecule has 3 aromatic rings. The largest absolute Gasteiger partial charge is 0.343 e. The van der Waals surface area contributed by atoms with E-state index in [-0.39, 0.29) is 17.8 Å². The van der Waals surface area contributed by atoms with E-state index in [1.54, 1.807) is 43.1 Å². The molecule has 2 amide bonds. The summed E-state index contributed by atoms with van der Waals surface area (Å²) in [6, 6.07) is 9.07. The van der Waals surface area contributed by atoms with E-state index in [2.05, 4.69) is 15.6 Å². The van der Waals surface area contributed by atoms with Crippen LogP contribution in [0.3, 0.4) is 0 Å². The zero-order valence-electron chi connectivity index (χ0n) is 16.8. The lowest BCUT2D eigenvalue weighted by atomic mass is 10.1. The zero-order chi connectivity index (χ0) is 22.5. The van der Waals surface area contributed by atoms with Gasteiger partial charge < -0.3 is 15.2 Å². The van der Waals surface area contributed by atoms with Crippen LogP contribution in [-0.2, 0) is 11.8 Å². The standard InChI is InChI=1S/C21H20FN5O4/c1-13-3-4-15(11-17(13)27(30)31)21(29)24-12-18(28)25-19(20-23-9-10-26(20)2)14-5-7-16(22)8-6-14/h3-11,19H,12H2,1-2H3,(H,24,29)(H,25,28)/t19-/m0/s1. The van der Waals surface area contributed by atoms with E-state index in [0.29, 0.717) is 17.0 Å². The first-order valence-corrected chi connectivity index (χ1v) is 9.31. The molecule has 10 heteroatoms. The van der Waals surface area contributed by atoms with E-state index in [0.717, 1.165) is 6.07 Å². The van der Waals surface area contributed by atoms with Gasteiger partial charge in [0.15, 0.2) is 0 Å². The Morgan fingerprint density at radius 2 is 1.94 bits per heavy atom. The van der Waals surface area contributed by atoms with Gasteiger partial charge in [0.25, 0.3) is 11.6 Å². The normalized spacial score (nSPS) is 11.6. The van der Waals surface area contributed by atoms with E-state index >= 15 is 0 Å². The van der Waals surface area contributed by atoms with Crippen molar-refractivity contribution in [3.8, 4) is 0 Å². The second-order valence-electron chi connectivity index (χ2n) is 6.89. The number of nitrogens with one attached hydrogen (secondary N) is 2. The van der Waals surface area contributed by atoms with Crippen molar-refractivity contribution in [3.63, 3.8) is 0 Å². The number of carbonyl (C=O) groups is 2. The van der Waals surface area contributed by atoms with Gasteiger partial charge in [-0.2, -0.15) is 0 Å². The highest BCUT2D eigenvalue weighted by atomic mass is 19.1. The molecule has 0 bridgehead atoms. The zero-order valence-corrected chi connectivity index (χ0v) is 16.8. The van der Waals surface area contributed by atoms with E-state index in [1.165, 1.54) is 24.3 Å². The van der Waals surface area contributed by atoms with Crippen LogP contribution >= 0.6 is 0 Å². The molecule has 2 N–H and O–H groups in total. The van der Waals surface area contributed by atoms with Crippen molar-refractivity contribution in [2.75, 3.05) is 6.54 Å². The summed E-state index contributed by atoms with van der Waals surface area (Å²) in [5.41, 5.74) is 0.938. The summed E-state index contributed by atoms with van der Waals surface area (Å²) in [6.07, 6.45) is 3.29. The van der Waals surface area contributed by atoms with Crippen molar-refractivity contribution < 1.29 is 18.9 Å². The summed E-state index contributed by atoms with van der Waals surface area (Å²) in [7, 11) is 1.76. The molecule has 9 nitrogen and oxygen atoms in total. The van der Waals surface area contributed by atoms with Crippen molar-refractivity contribution >= 4 is 17.5 Å². The number of aromatic nitrogens is 2. The summed E-state index contributed by atoms with van der Waals surface area (Å²) in [6.45, 7) is 1.21. The van der Waals surface area contributed by atoms with Crippen molar-refractivity contribution in [2.24, 2.45) is 7.05 Å². The van der Waals surface area contributed by atoms with Gasteiger partial charge in [0, 0.05) is 36.6 Å². The molecule has 1 aromatic heterocycles. The minimum Gasteiger partial charge on any atom is -0.343 e. The van der Waals surface area contributed by atoms with E-state index < -0.39 is 28.6 Å². The number of benzene rings is 2. The third-order valence-electron chi connectivity index (χ3n) is 4.70. The quantitative estimate of drug-likeness (QED) is 0.445. The van der Waals surface area contributed by atoms with Gasteiger partial charge in [0.2, 0.25) is 5.91 Å². The highest BCUT2D eigenvalue weighted by Gasteiger charge is 2.21. The molecule has 1 atom stereocenters. The molecule has 0 fully saturated rings. The Morgan fingerprint density at radius 1 is 1.23 bits per heavy atom. The van der Waals surface area contributed by atoms with Crippen LogP contribution in [0.25, 0.3) is 0 Å². The molecule has 0 saturated carbocycles. The molecule has 0 aliphatic rings. The van der Waals surface area contributed by atoms with Gasteiger partial charge in [-0.3, -0.25) is 19.7 Å². The predicted molar refractivity (Wildman–Crippen MR) is 110 cm³/mol. The molecular formula is C21H20FN5O4. The topological polar surface area (TPSA) is 119 Å². The van der Waals surface area contributed by atoms with Crippen LogP contribution in [0.2, 0.25) is 0 Å². The van der Waals surface area contributed by atoms with E-state index in [4.69, 9.17) is 0 Å². The lowest BCUT2D eigenvalue weighted by Crippen LogP contribution is -2.39. The van der Waals surface area contributed by atoms with Crippen LogP contribution in [0.15, 0.2) is 54.9 Å². The number of nitro groups is 1. The van der Waals surface area contributed by atoms with Gasteiger partial charge in [-0.25, -0.2) is 9.37 Å². The van der Waals surface area contributed by atoms with Gasteiger partial charge in [-0.1, -0.05) is 18.2 Å². The third kappa shape index (κ3) is 5.10. The fourth-order valence-corrected chi connectivity index (χ4v) is 3.03. The lowest BCUT2D eigenvalue weighted by molar-refractivity contribution is -0.385. The van der Waals surface area contributed by atoms with Crippen LogP contribution in [0.1, 0.15) is 33.4 Å². The summed E-state index contributed by atoms with van der Waals surface area (Å²) >= 11 is 0. The van der Waals surface area contributed by atoms with Crippen molar-refractivity contribution in [1.82, 2.24) is 20.2 Å². The molecule has 0 aliphatic carbocycles. The molecule has 3 rings (SSSR count). The Balaban J connectivity index is 1.71. The molecule has 0 aliphatic heterocycles. The maximum Gasteiger partial charge on any atom is 0.273 e. The van der Waals surface area contributed by atoms with Crippen LogP contribution in [-0.4, -0.2) is 32.8 Å². The van der Waals surface area contributed by atoms with Gasteiger partial charge >= 0.3 is 0 Å². The fourth-order valence-electron chi connectivity index (χ4n) is 3.03. The number of imidazole rings is 1. The summed E-state index contributed by atoms with van der Waals surface area (Å²) in [5, 5.41) is 16.3. The Kier molecular flexibility index (Phi) is 6.39. The average molecular weight is 425 g/mol. The van der Waals surface area contributed by atoms with Crippen LogP contribution in [0, 0.1) is 22.9 Å². The van der Waals surface area contributed by atoms with Gasteiger partial charge in [-0.05, 0) is 30.7 Å². The SMILES string of the molecule is Cc1ccc(C(=O)NCC(=O)N[C@@H](c2ccc(F)cc2)c2nccn2C)cc1[N+](=O)[O-]. The number of amides is 2. The second-order valence-corrected chi connectivity index (χ2v) is 6.89. The van der Waals surface area contributed by atoms with Crippen LogP contribution in [0.4, 0.5) is 10.1 Å². The molecule has 0 radical (unpaired) electrons. The molecule has 160 valence electrons. The first-order chi connectivity index (χ1) is 14.8. The first-order valence-electron chi connectivity index (χ1n) is 9.31. The third-order valence-corrected chi connectivity index (χ3v) is 4.70. The number of rotatable bonds is 7. The summed E-state index contributed by atoms with van der Waals surface area (Å²) < 4.78 is 15.0. The maximum atomic E-state index is 13.3. The molecule has 0 unspecified atom stereocenters. The van der Waals surface area contributed by atoms with E-state index in [9.17, 15) is 24.1 Å². The Bertz CT molecular complexity index is 1130. The van der Waals surface area contributed by atoms with Crippen LogP contribution < -0.4 is 10.6 Å². The summed E-state index contributed by atoms with van der Waals surface area (Å²) in [4.78, 5) is 39.6. The average Bonchev–Trinajstić information content (AvgIpc) is 3.16. The monoisotopic (exact) mass is 425 g/mol. The van der Waals surface area contributed by atoms with Gasteiger partial charge in [0.1, 0.15) is 17.7 Å². The number of carbonyl (C=O) groups excluding carboxylic acids is 2. The van der Waals surface area contributed by atoms with Crippen LogP contribution in [0.5, 0.6) is 0 Å². The Morgan fingerprint density at radius 3 is 2.55 bits per heavy atom. The van der Waals surface area contributed by atoms with Gasteiger partial charge in [0.05, 0.1) is 11.5 Å². The second kappa shape index (κ2) is 9.16. The molecular weight excluding hydrogens is 405 g/mol. The number of nitro benzene ring substituents is 1.